The molecule has 27 heavy (non-hydrogen) atoms. The molecule has 0 bridgehead atoms. The molecule has 3 aromatic rings. The van der Waals surface area contributed by atoms with Gasteiger partial charge in [-0.3, -0.25) is 0 Å². The maximum atomic E-state index is 12.4. The first-order chi connectivity index (χ1) is 13.0. The molecule has 2 heterocycles. The number of para-hydroxylation sites is 1. The van der Waals surface area contributed by atoms with Crippen molar-refractivity contribution in [2.75, 3.05) is 0 Å². The molecule has 2 aromatic heterocycles. The fourth-order valence-electron chi connectivity index (χ4n) is 3.02. The van der Waals surface area contributed by atoms with Crippen molar-refractivity contribution in [1.82, 2.24) is 9.55 Å². The smallest absolute Gasteiger partial charge is 0.349 e. The Hall–Kier alpha value is -2.91. The van der Waals surface area contributed by atoms with Gasteiger partial charge in [-0.15, -0.1) is 11.3 Å². The average Bonchev–Trinajstić information content (AvgIpc) is 3.20. The van der Waals surface area contributed by atoms with Gasteiger partial charge >= 0.3 is 5.97 Å². The van der Waals surface area contributed by atoms with E-state index in [0.717, 1.165) is 40.1 Å². The zero-order valence-electron chi connectivity index (χ0n) is 15.7. The Morgan fingerprint density at radius 2 is 2.15 bits per heavy atom. The van der Waals surface area contributed by atoms with Crippen LogP contribution in [0.1, 0.15) is 35.3 Å². The van der Waals surface area contributed by atoms with Gasteiger partial charge in [0, 0.05) is 17.9 Å². The number of ether oxygens (including phenoxy) is 1. The largest absolute Gasteiger partial charge is 0.454 e. The zero-order chi connectivity index (χ0) is 19.4. The van der Waals surface area contributed by atoms with E-state index < -0.39 is 5.97 Å². The number of hydrogen-bond donors (Lipinski definition) is 0. The molecular weight excluding hydrogens is 358 g/mol. The van der Waals surface area contributed by atoms with Gasteiger partial charge in [0.25, 0.3) is 0 Å². The number of benzene rings is 1. The van der Waals surface area contributed by atoms with Crippen LogP contribution in [0.25, 0.3) is 16.3 Å². The molecule has 0 atom stereocenters. The second kappa shape index (κ2) is 8.19. The average molecular weight is 379 g/mol. The van der Waals surface area contributed by atoms with Crippen LogP contribution in [0.5, 0.6) is 0 Å². The number of rotatable bonds is 6. The van der Waals surface area contributed by atoms with E-state index in [4.69, 9.17) is 4.74 Å². The summed E-state index contributed by atoms with van der Waals surface area (Å²) in [4.78, 5) is 16.8. The fraction of sp³-hybridized carbons (Fsp3) is 0.286. The topological polar surface area (TPSA) is 67.9 Å². The van der Waals surface area contributed by atoms with Crippen molar-refractivity contribution in [2.24, 2.45) is 0 Å². The monoisotopic (exact) mass is 379 g/mol. The number of esters is 1. The maximum absolute atomic E-state index is 12.4. The first kappa shape index (κ1) is 18.9. The molecule has 0 unspecified atom stereocenters. The number of nitrogens with zero attached hydrogens (tertiary/aromatic N) is 3. The number of carbonyl (C=O) groups is 1. The van der Waals surface area contributed by atoms with E-state index in [1.165, 1.54) is 11.3 Å². The Balaban J connectivity index is 1.75. The molecule has 0 saturated carbocycles. The van der Waals surface area contributed by atoms with Crippen LogP contribution in [0.2, 0.25) is 0 Å². The van der Waals surface area contributed by atoms with Crippen molar-refractivity contribution < 1.29 is 9.53 Å². The van der Waals surface area contributed by atoms with Gasteiger partial charge in [0.15, 0.2) is 0 Å². The second-order valence-corrected chi connectivity index (χ2v) is 7.41. The molecule has 0 aliphatic heterocycles. The predicted molar refractivity (Wildman–Crippen MR) is 107 cm³/mol. The quantitative estimate of drug-likeness (QED) is 0.351. The molecule has 6 heteroatoms. The molecule has 138 valence electrons. The normalized spacial score (nSPS) is 11.6. The van der Waals surface area contributed by atoms with E-state index >= 15 is 0 Å². The second-order valence-electron chi connectivity index (χ2n) is 6.30. The molecular formula is C21H21N3O2S. The molecule has 0 fully saturated rings. The van der Waals surface area contributed by atoms with Crippen LogP contribution >= 0.6 is 11.3 Å². The summed E-state index contributed by atoms with van der Waals surface area (Å²) in [5, 5.41) is 10.1. The van der Waals surface area contributed by atoms with Crippen molar-refractivity contribution in [2.45, 2.75) is 40.3 Å². The summed E-state index contributed by atoms with van der Waals surface area (Å²) in [7, 11) is 0. The van der Waals surface area contributed by atoms with Gasteiger partial charge in [0.2, 0.25) is 0 Å². The molecule has 5 nitrogen and oxygen atoms in total. The standard InChI is InChI=1S/C21H21N3O2S/c1-4-9-24-14(2)10-16(15(24)3)11-17(12-22)21(25)26-13-20-23-18-7-5-6-8-19(18)27-20/h5-8,10-11H,4,9,13H2,1-3H3/b17-11+. The van der Waals surface area contributed by atoms with Gasteiger partial charge in [-0.2, -0.15) is 5.26 Å². The van der Waals surface area contributed by atoms with Crippen molar-refractivity contribution in [3.05, 3.63) is 57.9 Å². The summed E-state index contributed by atoms with van der Waals surface area (Å²) in [6, 6.07) is 11.7. The number of fused-ring (bicyclic) bond motifs is 1. The lowest BCUT2D eigenvalue weighted by molar-refractivity contribution is -0.139. The number of thiazole rings is 1. The lowest BCUT2D eigenvalue weighted by atomic mass is 10.1. The lowest BCUT2D eigenvalue weighted by Crippen LogP contribution is -2.07. The van der Waals surface area contributed by atoms with Gasteiger partial charge in [-0.1, -0.05) is 19.1 Å². The summed E-state index contributed by atoms with van der Waals surface area (Å²) in [6.45, 7) is 7.11. The van der Waals surface area contributed by atoms with Crippen molar-refractivity contribution >= 4 is 33.6 Å². The third-order valence-corrected chi connectivity index (χ3v) is 5.38. The van der Waals surface area contributed by atoms with Gasteiger partial charge in [-0.05, 0) is 50.1 Å². The third kappa shape index (κ3) is 4.09. The molecule has 3 rings (SSSR count). The summed E-state index contributed by atoms with van der Waals surface area (Å²) in [6.07, 6.45) is 2.63. The molecule has 0 aliphatic rings. The lowest BCUT2D eigenvalue weighted by Gasteiger charge is -2.07. The van der Waals surface area contributed by atoms with Gasteiger partial charge in [-0.25, -0.2) is 9.78 Å². The highest BCUT2D eigenvalue weighted by Crippen LogP contribution is 2.23. The van der Waals surface area contributed by atoms with Crippen molar-refractivity contribution in [3.8, 4) is 6.07 Å². The first-order valence-electron chi connectivity index (χ1n) is 8.83. The number of hydrogen-bond acceptors (Lipinski definition) is 5. The predicted octanol–water partition coefficient (Wildman–Crippen LogP) is 4.78. The number of nitriles is 1. The SMILES string of the molecule is CCCn1c(C)cc(/C=C(\C#N)C(=O)OCc2nc3ccccc3s2)c1C. The highest BCUT2D eigenvalue weighted by atomic mass is 32.1. The summed E-state index contributed by atoms with van der Waals surface area (Å²) in [5.41, 5.74) is 3.90. The third-order valence-electron chi connectivity index (χ3n) is 4.37. The summed E-state index contributed by atoms with van der Waals surface area (Å²) in [5.74, 6) is -0.628. The van der Waals surface area contributed by atoms with Crippen LogP contribution in [0, 0.1) is 25.2 Å². The van der Waals surface area contributed by atoms with E-state index in [0.29, 0.717) is 5.01 Å². The van der Waals surface area contributed by atoms with Gasteiger partial charge < -0.3 is 9.30 Å². The Labute approximate surface area is 162 Å². The Morgan fingerprint density at radius 3 is 2.85 bits per heavy atom. The molecule has 0 spiro atoms. The number of carbonyl (C=O) groups excluding carboxylic acids is 1. The van der Waals surface area contributed by atoms with E-state index in [1.807, 2.05) is 50.2 Å². The highest BCUT2D eigenvalue weighted by Gasteiger charge is 2.15. The molecule has 0 N–H and O–H groups in total. The fourth-order valence-corrected chi connectivity index (χ4v) is 3.90. The van der Waals surface area contributed by atoms with Gasteiger partial charge in [0.1, 0.15) is 23.3 Å². The first-order valence-corrected chi connectivity index (χ1v) is 9.65. The van der Waals surface area contributed by atoms with Crippen LogP contribution in [-0.4, -0.2) is 15.5 Å². The minimum atomic E-state index is -0.628. The number of aryl methyl sites for hydroxylation is 1. The van der Waals surface area contributed by atoms with Crippen LogP contribution in [-0.2, 0) is 22.7 Å². The Kier molecular flexibility index (Phi) is 5.72. The van der Waals surface area contributed by atoms with E-state index in [2.05, 4.69) is 16.5 Å². The van der Waals surface area contributed by atoms with Crippen LogP contribution in [0.15, 0.2) is 35.9 Å². The van der Waals surface area contributed by atoms with Gasteiger partial charge in [0.05, 0.1) is 10.2 Å². The minimum Gasteiger partial charge on any atom is -0.454 e. The van der Waals surface area contributed by atoms with Crippen LogP contribution < -0.4 is 0 Å². The molecule has 0 radical (unpaired) electrons. The Morgan fingerprint density at radius 1 is 1.37 bits per heavy atom. The molecule has 1 aromatic carbocycles. The van der Waals surface area contributed by atoms with Crippen molar-refractivity contribution in [3.63, 3.8) is 0 Å². The van der Waals surface area contributed by atoms with Crippen molar-refractivity contribution in [1.29, 1.82) is 5.26 Å². The van der Waals surface area contributed by atoms with Crippen LogP contribution in [0.4, 0.5) is 0 Å². The molecule has 0 aliphatic carbocycles. The molecule has 0 amide bonds. The Bertz CT molecular complexity index is 1020. The maximum Gasteiger partial charge on any atom is 0.349 e. The minimum absolute atomic E-state index is 0.00661. The van der Waals surface area contributed by atoms with E-state index in [-0.39, 0.29) is 12.2 Å². The van der Waals surface area contributed by atoms with E-state index in [1.54, 1.807) is 6.08 Å². The number of aromatic nitrogens is 2. The van der Waals surface area contributed by atoms with Crippen LogP contribution in [0.3, 0.4) is 0 Å². The summed E-state index contributed by atoms with van der Waals surface area (Å²) >= 11 is 1.48. The molecule has 0 saturated heterocycles. The summed E-state index contributed by atoms with van der Waals surface area (Å²) < 4.78 is 8.55. The zero-order valence-corrected chi connectivity index (χ0v) is 16.5. The highest BCUT2D eigenvalue weighted by molar-refractivity contribution is 7.18. The van der Waals surface area contributed by atoms with E-state index in [9.17, 15) is 10.1 Å².